The van der Waals surface area contributed by atoms with Crippen molar-refractivity contribution in [1.82, 2.24) is 0 Å². The maximum atomic E-state index is 10.9. The van der Waals surface area contributed by atoms with Gasteiger partial charge in [-0.1, -0.05) is 24.1 Å². The quantitative estimate of drug-likeness (QED) is 0.514. The highest BCUT2D eigenvalue weighted by atomic mass is 32.2. The summed E-state index contributed by atoms with van der Waals surface area (Å²) in [5.74, 6) is 6.31. The first-order valence-electron chi connectivity index (χ1n) is 7.83. The molecule has 120 valence electrons. The molecular weight excluding hydrogens is 298 g/mol. The van der Waals surface area contributed by atoms with Crippen LogP contribution in [0, 0.1) is 11.8 Å². The van der Waals surface area contributed by atoms with Gasteiger partial charge in [0.2, 0.25) is 0 Å². The SMILES string of the molecule is O=S(=O)(O)CCC[N+]1(CC#Cc2ccccc2)CCCCC1. The van der Waals surface area contributed by atoms with Gasteiger partial charge in [0.15, 0.2) is 0 Å². The second kappa shape index (κ2) is 7.77. The van der Waals surface area contributed by atoms with Crippen molar-refractivity contribution in [2.45, 2.75) is 25.7 Å². The molecule has 1 heterocycles. The number of likely N-dealkylation sites (tertiary alicyclic amines) is 1. The van der Waals surface area contributed by atoms with Gasteiger partial charge in [-0.3, -0.25) is 4.55 Å². The minimum absolute atomic E-state index is 0.154. The molecule has 1 aliphatic heterocycles. The van der Waals surface area contributed by atoms with Gasteiger partial charge in [-0.05, 0) is 37.3 Å². The molecule has 22 heavy (non-hydrogen) atoms. The lowest BCUT2D eigenvalue weighted by Crippen LogP contribution is -2.52. The molecule has 5 heteroatoms. The van der Waals surface area contributed by atoms with Gasteiger partial charge in [0.25, 0.3) is 10.1 Å². The van der Waals surface area contributed by atoms with E-state index in [1.807, 2.05) is 30.3 Å². The molecule has 1 aromatic carbocycles. The Labute approximate surface area is 133 Å². The molecule has 1 N–H and O–H groups in total. The van der Waals surface area contributed by atoms with Crippen LogP contribution in [0.25, 0.3) is 0 Å². The maximum absolute atomic E-state index is 10.9. The minimum Gasteiger partial charge on any atom is -0.313 e. The number of hydrogen-bond acceptors (Lipinski definition) is 2. The van der Waals surface area contributed by atoms with Gasteiger partial charge in [0.1, 0.15) is 6.54 Å². The van der Waals surface area contributed by atoms with Crippen molar-refractivity contribution in [3.8, 4) is 11.8 Å². The van der Waals surface area contributed by atoms with Crippen molar-refractivity contribution in [2.75, 3.05) is 31.9 Å². The van der Waals surface area contributed by atoms with E-state index in [9.17, 15) is 8.42 Å². The van der Waals surface area contributed by atoms with Gasteiger partial charge in [-0.15, -0.1) is 0 Å². The second-order valence-electron chi connectivity index (χ2n) is 6.04. The van der Waals surface area contributed by atoms with Gasteiger partial charge in [-0.25, -0.2) is 0 Å². The number of nitrogens with zero attached hydrogens (tertiary/aromatic N) is 1. The Hall–Kier alpha value is -1.35. The molecule has 0 amide bonds. The lowest BCUT2D eigenvalue weighted by Gasteiger charge is -2.40. The standard InChI is InChI=1S/C17H23NO3S/c19-22(20,21)16-8-15-18(12-5-2-6-13-18)14-7-11-17-9-3-1-4-10-17/h1,3-4,9-10H,2,5-6,8,12-16H2/p+1. The lowest BCUT2D eigenvalue weighted by atomic mass is 10.1. The Bertz CT molecular complexity index is 623. The Kier molecular flexibility index (Phi) is 6.01. The molecule has 0 bridgehead atoms. The van der Waals surface area contributed by atoms with Crippen LogP contribution in [0.4, 0.5) is 0 Å². The third kappa shape index (κ3) is 5.80. The summed E-state index contributed by atoms with van der Waals surface area (Å²) >= 11 is 0. The summed E-state index contributed by atoms with van der Waals surface area (Å²) in [5.41, 5.74) is 1.01. The smallest absolute Gasteiger partial charge is 0.265 e. The lowest BCUT2D eigenvalue weighted by molar-refractivity contribution is -0.925. The number of benzene rings is 1. The Balaban J connectivity index is 1.98. The number of hydrogen-bond donors (Lipinski definition) is 1. The van der Waals surface area contributed by atoms with Crippen LogP contribution in [-0.4, -0.2) is 49.4 Å². The Morgan fingerprint density at radius 1 is 1.09 bits per heavy atom. The van der Waals surface area contributed by atoms with Crippen LogP contribution < -0.4 is 0 Å². The van der Waals surface area contributed by atoms with Gasteiger partial charge >= 0.3 is 0 Å². The second-order valence-corrected chi connectivity index (χ2v) is 7.61. The summed E-state index contributed by atoms with van der Waals surface area (Å²) in [5, 5.41) is 0. The molecule has 0 unspecified atom stereocenters. The fraction of sp³-hybridized carbons (Fsp3) is 0.529. The first-order valence-corrected chi connectivity index (χ1v) is 9.44. The summed E-state index contributed by atoms with van der Waals surface area (Å²) in [6, 6.07) is 9.90. The van der Waals surface area contributed by atoms with E-state index in [2.05, 4.69) is 11.8 Å². The van der Waals surface area contributed by atoms with E-state index in [1.165, 1.54) is 19.3 Å². The Morgan fingerprint density at radius 2 is 1.77 bits per heavy atom. The fourth-order valence-electron chi connectivity index (χ4n) is 3.06. The summed E-state index contributed by atoms with van der Waals surface area (Å²) in [6.07, 6.45) is 4.06. The van der Waals surface area contributed by atoms with Crippen LogP contribution in [0.3, 0.4) is 0 Å². The number of piperidine rings is 1. The zero-order valence-corrected chi connectivity index (χ0v) is 13.7. The van der Waals surface area contributed by atoms with Gasteiger partial charge in [0, 0.05) is 12.0 Å². The van der Waals surface area contributed by atoms with E-state index in [0.29, 0.717) is 6.42 Å². The largest absolute Gasteiger partial charge is 0.313 e. The van der Waals surface area contributed by atoms with Crippen LogP contribution in [0.2, 0.25) is 0 Å². The van der Waals surface area contributed by atoms with Gasteiger partial charge in [-0.2, -0.15) is 8.42 Å². The first kappa shape index (κ1) is 17.0. The van der Waals surface area contributed by atoms with Crippen molar-refractivity contribution in [3.05, 3.63) is 35.9 Å². The van der Waals surface area contributed by atoms with E-state index in [4.69, 9.17) is 4.55 Å². The highest BCUT2D eigenvalue weighted by Gasteiger charge is 2.29. The molecule has 0 aliphatic carbocycles. The fourth-order valence-corrected chi connectivity index (χ4v) is 3.55. The third-order valence-electron chi connectivity index (χ3n) is 4.22. The molecule has 0 atom stereocenters. The van der Waals surface area contributed by atoms with E-state index in [0.717, 1.165) is 36.2 Å². The molecule has 2 rings (SSSR count). The molecule has 1 aromatic rings. The minimum atomic E-state index is -3.86. The molecule has 1 aliphatic rings. The summed E-state index contributed by atoms with van der Waals surface area (Å²) in [4.78, 5) is 0. The summed E-state index contributed by atoms with van der Waals surface area (Å²) in [6.45, 7) is 3.62. The van der Waals surface area contributed by atoms with Crippen molar-refractivity contribution in [2.24, 2.45) is 0 Å². The summed E-state index contributed by atoms with van der Waals surface area (Å²) < 4.78 is 31.5. The normalized spacial score (nSPS) is 17.5. The number of rotatable bonds is 5. The number of quaternary nitrogens is 1. The van der Waals surface area contributed by atoms with E-state index >= 15 is 0 Å². The van der Waals surface area contributed by atoms with Gasteiger partial charge < -0.3 is 4.48 Å². The average molecular weight is 322 g/mol. The zero-order chi connectivity index (χ0) is 15.9. The molecule has 0 saturated carbocycles. The molecule has 0 radical (unpaired) electrons. The molecule has 4 nitrogen and oxygen atoms in total. The van der Waals surface area contributed by atoms with Crippen LogP contribution in [0.15, 0.2) is 30.3 Å². The van der Waals surface area contributed by atoms with E-state index < -0.39 is 10.1 Å². The molecule has 1 saturated heterocycles. The molecule has 0 aromatic heterocycles. The highest BCUT2D eigenvalue weighted by Crippen LogP contribution is 2.19. The van der Waals surface area contributed by atoms with Gasteiger partial charge in [0.05, 0.1) is 25.4 Å². The van der Waals surface area contributed by atoms with Crippen molar-refractivity contribution in [1.29, 1.82) is 0 Å². The van der Waals surface area contributed by atoms with Crippen LogP contribution in [0.1, 0.15) is 31.2 Å². The summed E-state index contributed by atoms with van der Waals surface area (Å²) in [7, 11) is -3.86. The average Bonchev–Trinajstić information content (AvgIpc) is 2.48. The van der Waals surface area contributed by atoms with E-state index in [1.54, 1.807) is 0 Å². The maximum Gasteiger partial charge on any atom is 0.265 e. The van der Waals surface area contributed by atoms with Crippen molar-refractivity contribution in [3.63, 3.8) is 0 Å². The Morgan fingerprint density at radius 3 is 2.41 bits per heavy atom. The predicted molar refractivity (Wildman–Crippen MR) is 87.9 cm³/mol. The molecular formula is C17H24NO3S+. The third-order valence-corrected chi connectivity index (χ3v) is 5.03. The highest BCUT2D eigenvalue weighted by molar-refractivity contribution is 7.85. The van der Waals surface area contributed by atoms with Crippen LogP contribution in [0.5, 0.6) is 0 Å². The topological polar surface area (TPSA) is 54.4 Å². The monoisotopic (exact) mass is 322 g/mol. The van der Waals surface area contributed by atoms with Crippen LogP contribution in [-0.2, 0) is 10.1 Å². The molecule has 0 spiro atoms. The molecule has 1 fully saturated rings. The van der Waals surface area contributed by atoms with E-state index in [-0.39, 0.29) is 5.75 Å². The first-order chi connectivity index (χ1) is 10.5. The van der Waals surface area contributed by atoms with Crippen LogP contribution >= 0.6 is 0 Å². The predicted octanol–water partition coefficient (Wildman–Crippen LogP) is 2.32. The van der Waals surface area contributed by atoms with Crippen molar-refractivity contribution >= 4 is 10.1 Å². The zero-order valence-electron chi connectivity index (χ0n) is 12.9. The van der Waals surface area contributed by atoms with Crippen molar-refractivity contribution < 1.29 is 17.5 Å².